The fraction of sp³-hybridized carbons (Fsp3) is 0.333. The molecule has 2 unspecified atom stereocenters. The monoisotopic (exact) mass is 283 g/mol. The molecule has 2 atom stereocenters. The van der Waals surface area contributed by atoms with Crippen LogP contribution in [-0.4, -0.2) is 10.2 Å². The number of anilines is 1. The van der Waals surface area contributed by atoms with Gasteiger partial charge in [-0.05, 0) is 42.5 Å². The molecule has 1 aliphatic rings. The number of rotatable bonds is 3. The number of aliphatic hydroxyl groups excluding tert-OH is 1. The van der Waals surface area contributed by atoms with Gasteiger partial charge < -0.3 is 15.5 Å². The topological polar surface area (TPSA) is 52.5 Å². The summed E-state index contributed by atoms with van der Waals surface area (Å²) in [5.74, 6) is 0.782. The maximum atomic E-state index is 10.3. The Morgan fingerprint density at radius 1 is 1.14 bits per heavy atom. The highest BCUT2D eigenvalue weighted by Gasteiger charge is 2.32. The van der Waals surface area contributed by atoms with Crippen LogP contribution in [0.15, 0.2) is 36.4 Å². The van der Waals surface area contributed by atoms with Gasteiger partial charge in [-0.2, -0.15) is 0 Å². The summed E-state index contributed by atoms with van der Waals surface area (Å²) in [6.07, 6.45) is 0.952. The van der Waals surface area contributed by atoms with Gasteiger partial charge in [-0.15, -0.1) is 0 Å². The van der Waals surface area contributed by atoms with Crippen LogP contribution in [0, 0.1) is 6.92 Å². The summed E-state index contributed by atoms with van der Waals surface area (Å²) < 4.78 is 0. The number of phenolic OH excluding ortho intramolecular Hbond substituents is 1. The number of phenols is 1. The van der Waals surface area contributed by atoms with E-state index in [1.54, 1.807) is 6.07 Å². The smallest absolute Gasteiger partial charge is 0.121 e. The molecule has 3 rings (SSSR count). The first-order valence-corrected chi connectivity index (χ1v) is 7.39. The van der Waals surface area contributed by atoms with Gasteiger partial charge in [-0.25, -0.2) is 0 Å². The highest BCUT2D eigenvalue weighted by molar-refractivity contribution is 5.58. The Bertz CT molecular complexity index is 666. The van der Waals surface area contributed by atoms with Crippen molar-refractivity contribution in [2.24, 2.45) is 0 Å². The molecule has 3 heteroatoms. The first kappa shape index (κ1) is 14.0. The second kappa shape index (κ2) is 5.41. The summed E-state index contributed by atoms with van der Waals surface area (Å²) in [6, 6.07) is 11.6. The SMILES string of the molecule is Cc1ccc(O)c2c1C(C)CC2Nc1ccccc1CO. The van der Waals surface area contributed by atoms with Gasteiger partial charge in [-0.3, -0.25) is 0 Å². The van der Waals surface area contributed by atoms with E-state index in [1.165, 1.54) is 11.1 Å². The molecule has 2 aromatic rings. The Morgan fingerprint density at radius 2 is 1.90 bits per heavy atom. The van der Waals surface area contributed by atoms with Gasteiger partial charge in [-0.1, -0.05) is 31.2 Å². The van der Waals surface area contributed by atoms with Crippen LogP contribution in [0.25, 0.3) is 0 Å². The Kier molecular flexibility index (Phi) is 3.60. The van der Waals surface area contributed by atoms with Gasteiger partial charge in [0, 0.05) is 16.8 Å². The van der Waals surface area contributed by atoms with Gasteiger partial charge in [0.25, 0.3) is 0 Å². The minimum Gasteiger partial charge on any atom is -0.508 e. The van der Waals surface area contributed by atoms with Crippen molar-refractivity contribution in [2.45, 2.75) is 38.8 Å². The van der Waals surface area contributed by atoms with Crippen LogP contribution in [0.4, 0.5) is 5.69 Å². The molecule has 0 amide bonds. The van der Waals surface area contributed by atoms with Gasteiger partial charge in [0.2, 0.25) is 0 Å². The van der Waals surface area contributed by atoms with Crippen LogP contribution in [-0.2, 0) is 6.61 Å². The molecule has 0 heterocycles. The molecule has 0 saturated carbocycles. The van der Waals surface area contributed by atoms with Crippen LogP contribution in [0.1, 0.15) is 47.6 Å². The van der Waals surface area contributed by atoms with Crippen molar-refractivity contribution in [3.63, 3.8) is 0 Å². The van der Waals surface area contributed by atoms with Crippen LogP contribution >= 0.6 is 0 Å². The van der Waals surface area contributed by atoms with E-state index in [-0.39, 0.29) is 12.6 Å². The molecule has 0 bridgehead atoms. The zero-order chi connectivity index (χ0) is 15.0. The predicted octanol–water partition coefficient (Wildman–Crippen LogP) is 3.85. The second-order valence-electron chi connectivity index (χ2n) is 5.88. The van der Waals surface area contributed by atoms with E-state index < -0.39 is 0 Å². The lowest BCUT2D eigenvalue weighted by atomic mass is 9.97. The molecule has 2 aromatic carbocycles. The van der Waals surface area contributed by atoms with Crippen molar-refractivity contribution in [3.05, 3.63) is 58.7 Å². The standard InChI is InChI=1S/C18H21NO2/c1-11-7-8-16(21)18-15(9-12(2)17(11)18)19-14-6-4-3-5-13(14)10-20/h3-8,12,15,19-21H,9-10H2,1-2H3. The molecular weight excluding hydrogens is 262 g/mol. The zero-order valence-electron chi connectivity index (χ0n) is 12.4. The first-order valence-electron chi connectivity index (χ1n) is 7.39. The lowest BCUT2D eigenvalue weighted by molar-refractivity contribution is 0.282. The van der Waals surface area contributed by atoms with Gasteiger partial charge >= 0.3 is 0 Å². The largest absolute Gasteiger partial charge is 0.508 e. The van der Waals surface area contributed by atoms with Crippen molar-refractivity contribution < 1.29 is 10.2 Å². The van der Waals surface area contributed by atoms with Crippen LogP contribution in [0.3, 0.4) is 0 Å². The number of para-hydroxylation sites is 1. The highest BCUT2D eigenvalue weighted by atomic mass is 16.3. The third kappa shape index (κ3) is 2.38. The number of benzene rings is 2. The summed E-state index contributed by atoms with van der Waals surface area (Å²) >= 11 is 0. The van der Waals surface area contributed by atoms with E-state index in [0.717, 1.165) is 23.2 Å². The molecular formula is C18H21NO2. The second-order valence-corrected chi connectivity index (χ2v) is 5.88. The number of aliphatic hydroxyl groups is 1. The van der Waals surface area contributed by atoms with E-state index in [0.29, 0.717) is 11.7 Å². The number of hydrogen-bond donors (Lipinski definition) is 3. The number of nitrogens with one attached hydrogen (secondary N) is 1. The molecule has 21 heavy (non-hydrogen) atoms. The predicted molar refractivity (Wildman–Crippen MR) is 84.6 cm³/mol. The average Bonchev–Trinajstić information content (AvgIpc) is 2.81. The fourth-order valence-corrected chi connectivity index (χ4v) is 3.46. The summed E-state index contributed by atoms with van der Waals surface area (Å²) in [7, 11) is 0. The Labute approximate surface area is 125 Å². The average molecular weight is 283 g/mol. The summed E-state index contributed by atoms with van der Waals surface area (Å²) in [6.45, 7) is 4.31. The Hall–Kier alpha value is -2.00. The Balaban J connectivity index is 1.99. The molecule has 3 N–H and O–H groups in total. The number of hydrogen-bond acceptors (Lipinski definition) is 3. The minimum atomic E-state index is 0.0120. The van der Waals surface area contributed by atoms with Crippen molar-refractivity contribution in [1.29, 1.82) is 0 Å². The van der Waals surface area contributed by atoms with Gasteiger partial charge in [0.15, 0.2) is 0 Å². The quantitative estimate of drug-likeness (QED) is 0.802. The normalized spacial score (nSPS) is 20.3. The molecule has 0 aliphatic heterocycles. The highest BCUT2D eigenvalue weighted by Crippen LogP contribution is 2.47. The maximum absolute atomic E-state index is 10.3. The van der Waals surface area contributed by atoms with Gasteiger partial charge in [0.1, 0.15) is 5.75 Å². The molecule has 0 spiro atoms. The molecule has 0 aromatic heterocycles. The number of fused-ring (bicyclic) bond motifs is 1. The summed E-state index contributed by atoms with van der Waals surface area (Å²) in [5.41, 5.74) is 5.32. The summed E-state index contributed by atoms with van der Waals surface area (Å²) in [4.78, 5) is 0. The third-order valence-electron chi connectivity index (χ3n) is 4.43. The van der Waals surface area contributed by atoms with Crippen LogP contribution in [0.5, 0.6) is 5.75 Å². The number of aromatic hydroxyl groups is 1. The van der Waals surface area contributed by atoms with Crippen molar-refractivity contribution in [2.75, 3.05) is 5.32 Å². The zero-order valence-corrected chi connectivity index (χ0v) is 12.4. The third-order valence-corrected chi connectivity index (χ3v) is 4.43. The van der Waals surface area contributed by atoms with E-state index in [1.807, 2.05) is 30.3 Å². The molecule has 1 aliphatic carbocycles. The fourth-order valence-electron chi connectivity index (χ4n) is 3.46. The first-order chi connectivity index (χ1) is 10.1. The number of aryl methyl sites for hydroxylation is 1. The maximum Gasteiger partial charge on any atom is 0.121 e. The molecule has 0 saturated heterocycles. The van der Waals surface area contributed by atoms with E-state index in [4.69, 9.17) is 0 Å². The molecule has 0 radical (unpaired) electrons. The van der Waals surface area contributed by atoms with E-state index in [2.05, 4.69) is 19.2 Å². The van der Waals surface area contributed by atoms with Crippen molar-refractivity contribution in [1.82, 2.24) is 0 Å². The molecule has 0 fully saturated rings. The minimum absolute atomic E-state index is 0.0120. The van der Waals surface area contributed by atoms with Crippen LogP contribution in [0.2, 0.25) is 0 Å². The van der Waals surface area contributed by atoms with E-state index in [9.17, 15) is 10.2 Å². The van der Waals surface area contributed by atoms with Crippen molar-refractivity contribution in [3.8, 4) is 5.75 Å². The summed E-state index contributed by atoms with van der Waals surface area (Å²) in [5, 5.41) is 23.2. The lowest BCUT2D eigenvalue weighted by Gasteiger charge is -2.19. The Morgan fingerprint density at radius 3 is 2.67 bits per heavy atom. The van der Waals surface area contributed by atoms with Crippen molar-refractivity contribution >= 4 is 5.69 Å². The van der Waals surface area contributed by atoms with Crippen LogP contribution < -0.4 is 5.32 Å². The van der Waals surface area contributed by atoms with E-state index >= 15 is 0 Å². The lowest BCUT2D eigenvalue weighted by Crippen LogP contribution is -2.09. The van der Waals surface area contributed by atoms with Gasteiger partial charge in [0.05, 0.1) is 12.6 Å². The molecule has 3 nitrogen and oxygen atoms in total. The molecule has 110 valence electrons.